The first-order valence-electron chi connectivity index (χ1n) is 11.3. The van der Waals surface area contributed by atoms with E-state index in [0.29, 0.717) is 19.0 Å². The Balaban J connectivity index is 1.26. The molecule has 2 heterocycles. The molecule has 0 unspecified atom stereocenters. The molecule has 0 aromatic heterocycles. The number of halogens is 1. The normalized spacial score (nSPS) is 19.3. The van der Waals surface area contributed by atoms with Crippen LogP contribution in [0, 0.1) is 11.7 Å². The molecule has 0 spiro atoms. The SMILES string of the molecule is CN(C)c1cccc(N2CCN(CC3CCN(S(=O)(=O)c4ccc(F)cc4)CC3)CC2)c1. The van der Waals surface area contributed by atoms with Gasteiger partial charge in [-0.2, -0.15) is 4.31 Å². The van der Waals surface area contributed by atoms with Gasteiger partial charge < -0.3 is 9.80 Å². The molecule has 0 atom stereocenters. The van der Waals surface area contributed by atoms with Crippen molar-refractivity contribution in [1.29, 1.82) is 0 Å². The monoisotopic (exact) mass is 460 g/mol. The summed E-state index contributed by atoms with van der Waals surface area (Å²) < 4.78 is 40.3. The van der Waals surface area contributed by atoms with E-state index in [2.05, 4.69) is 53.1 Å². The maximum Gasteiger partial charge on any atom is 0.243 e. The second kappa shape index (κ2) is 9.77. The summed E-state index contributed by atoms with van der Waals surface area (Å²) >= 11 is 0. The molecule has 2 aliphatic heterocycles. The number of hydrogen-bond donors (Lipinski definition) is 0. The molecule has 2 saturated heterocycles. The second-order valence-corrected chi connectivity index (χ2v) is 10.9. The highest BCUT2D eigenvalue weighted by Gasteiger charge is 2.30. The van der Waals surface area contributed by atoms with Crippen LogP contribution < -0.4 is 9.80 Å². The molecule has 0 amide bonds. The predicted octanol–water partition coefficient (Wildman–Crippen LogP) is 3.11. The third-order valence-corrected chi connectivity index (χ3v) is 8.54. The zero-order chi connectivity index (χ0) is 22.7. The Bertz CT molecular complexity index is 997. The van der Waals surface area contributed by atoms with Gasteiger partial charge in [0, 0.05) is 71.3 Å². The van der Waals surface area contributed by atoms with Gasteiger partial charge in [0.2, 0.25) is 10.0 Å². The Morgan fingerprint density at radius 1 is 0.938 bits per heavy atom. The Hall–Kier alpha value is -2.16. The van der Waals surface area contributed by atoms with Crippen molar-refractivity contribution in [3.8, 4) is 0 Å². The summed E-state index contributed by atoms with van der Waals surface area (Å²) in [5.74, 6) is 0.0893. The zero-order valence-corrected chi connectivity index (χ0v) is 19.8. The van der Waals surface area contributed by atoms with Gasteiger partial charge in [0.15, 0.2) is 0 Å². The summed E-state index contributed by atoms with van der Waals surface area (Å²) in [5.41, 5.74) is 2.49. The number of sulfonamides is 1. The van der Waals surface area contributed by atoms with Gasteiger partial charge in [-0.1, -0.05) is 6.07 Å². The van der Waals surface area contributed by atoms with Crippen molar-refractivity contribution in [3.05, 3.63) is 54.3 Å². The Morgan fingerprint density at radius 3 is 2.22 bits per heavy atom. The molecule has 32 heavy (non-hydrogen) atoms. The maximum atomic E-state index is 13.1. The molecule has 0 bridgehead atoms. The summed E-state index contributed by atoms with van der Waals surface area (Å²) in [5, 5.41) is 0. The van der Waals surface area contributed by atoms with Crippen LogP contribution in [0.25, 0.3) is 0 Å². The third-order valence-electron chi connectivity index (χ3n) is 6.62. The average molecular weight is 461 g/mol. The molecule has 4 rings (SSSR count). The molecule has 6 nitrogen and oxygen atoms in total. The minimum Gasteiger partial charge on any atom is -0.378 e. The number of anilines is 2. The van der Waals surface area contributed by atoms with Gasteiger partial charge in [0.25, 0.3) is 0 Å². The minimum atomic E-state index is -3.54. The molecule has 2 aromatic rings. The van der Waals surface area contributed by atoms with Crippen molar-refractivity contribution in [2.75, 3.05) is 69.7 Å². The first-order valence-corrected chi connectivity index (χ1v) is 12.8. The first kappa shape index (κ1) is 23.0. The fourth-order valence-electron chi connectivity index (χ4n) is 4.61. The van der Waals surface area contributed by atoms with E-state index in [1.54, 1.807) is 4.31 Å². The van der Waals surface area contributed by atoms with Crippen molar-refractivity contribution >= 4 is 21.4 Å². The van der Waals surface area contributed by atoms with Crippen LogP contribution >= 0.6 is 0 Å². The topological polar surface area (TPSA) is 47.1 Å². The van der Waals surface area contributed by atoms with E-state index in [0.717, 1.165) is 45.6 Å². The molecule has 0 N–H and O–H groups in total. The number of benzene rings is 2. The third kappa shape index (κ3) is 5.24. The molecule has 174 valence electrons. The number of rotatable bonds is 6. The molecule has 2 aromatic carbocycles. The quantitative estimate of drug-likeness (QED) is 0.663. The van der Waals surface area contributed by atoms with Gasteiger partial charge in [-0.15, -0.1) is 0 Å². The zero-order valence-electron chi connectivity index (χ0n) is 19.0. The van der Waals surface area contributed by atoms with Crippen LogP contribution in [0.3, 0.4) is 0 Å². The lowest BCUT2D eigenvalue weighted by Crippen LogP contribution is -2.49. The van der Waals surface area contributed by atoms with Gasteiger partial charge in [-0.05, 0) is 61.2 Å². The Kier molecular flexibility index (Phi) is 7.02. The lowest BCUT2D eigenvalue weighted by atomic mass is 9.97. The summed E-state index contributed by atoms with van der Waals surface area (Å²) in [6.45, 7) is 6.16. The maximum absolute atomic E-state index is 13.1. The molecule has 0 saturated carbocycles. The number of piperidine rings is 1. The van der Waals surface area contributed by atoms with E-state index in [-0.39, 0.29) is 4.90 Å². The molecule has 2 fully saturated rings. The highest BCUT2D eigenvalue weighted by atomic mass is 32.2. The van der Waals surface area contributed by atoms with Crippen LogP contribution in [0.4, 0.5) is 15.8 Å². The van der Waals surface area contributed by atoms with Crippen LogP contribution in [-0.2, 0) is 10.0 Å². The van der Waals surface area contributed by atoms with Crippen molar-refractivity contribution in [3.63, 3.8) is 0 Å². The van der Waals surface area contributed by atoms with E-state index >= 15 is 0 Å². The summed E-state index contributed by atoms with van der Waals surface area (Å²) in [6.07, 6.45) is 1.73. The minimum absolute atomic E-state index is 0.173. The van der Waals surface area contributed by atoms with Crippen LogP contribution in [0.2, 0.25) is 0 Å². The lowest BCUT2D eigenvalue weighted by Gasteiger charge is -2.39. The van der Waals surface area contributed by atoms with Gasteiger partial charge in [-0.25, -0.2) is 12.8 Å². The van der Waals surface area contributed by atoms with E-state index in [4.69, 9.17) is 0 Å². The largest absolute Gasteiger partial charge is 0.378 e. The Morgan fingerprint density at radius 2 is 1.59 bits per heavy atom. The van der Waals surface area contributed by atoms with Gasteiger partial charge in [0.05, 0.1) is 4.90 Å². The average Bonchev–Trinajstić information content (AvgIpc) is 2.80. The summed E-state index contributed by atoms with van der Waals surface area (Å²) in [4.78, 5) is 7.26. The molecular formula is C24H33FN4O2S. The molecule has 0 aliphatic carbocycles. The van der Waals surface area contributed by atoms with Gasteiger partial charge in [0.1, 0.15) is 5.82 Å². The van der Waals surface area contributed by atoms with Crippen molar-refractivity contribution in [2.24, 2.45) is 5.92 Å². The van der Waals surface area contributed by atoms with E-state index in [1.165, 1.54) is 35.6 Å². The van der Waals surface area contributed by atoms with Crippen molar-refractivity contribution in [2.45, 2.75) is 17.7 Å². The van der Waals surface area contributed by atoms with Gasteiger partial charge >= 0.3 is 0 Å². The smallest absolute Gasteiger partial charge is 0.243 e. The second-order valence-electron chi connectivity index (χ2n) is 9.00. The Labute approximate surface area is 191 Å². The van der Waals surface area contributed by atoms with Crippen molar-refractivity contribution in [1.82, 2.24) is 9.21 Å². The number of piperazine rings is 1. The summed E-state index contributed by atoms with van der Waals surface area (Å²) in [6, 6.07) is 13.8. The van der Waals surface area contributed by atoms with Crippen molar-refractivity contribution < 1.29 is 12.8 Å². The first-order chi connectivity index (χ1) is 15.3. The van der Waals surface area contributed by atoms with E-state index in [9.17, 15) is 12.8 Å². The molecule has 0 radical (unpaired) electrons. The van der Waals surface area contributed by atoms with E-state index in [1.807, 2.05) is 0 Å². The van der Waals surface area contributed by atoms with Crippen LogP contribution in [0.5, 0.6) is 0 Å². The molecule has 2 aliphatic rings. The fourth-order valence-corrected chi connectivity index (χ4v) is 6.08. The molecular weight excluding hydrogens is 427 g/mol. The van der Waals surface area contributed by atoms with Crippen LogP contribution in [0.1, 0.15) is 12.8 Å². The standard InChI is InChI=1S/C24H33FN4O2S/c1-26(2)22-4-3-5-23(18-22)28-16-14-27(15-17-28)19-20-10-12-29(13-11-20)32(30,31)24-8-6-21(25)7-9-24/h3-9,18,20H,10-17,19H2,1-2H3. The summed E-state index contributed by atoms with van der Waals surface area (Å²) in [7, 11) is 0.585. The molecule has 8 heteroatoms. The highest BCUT2D eigenvalue weighted by molar-refractivity contribution is 7.89. The fraction of sp³-hybridized carbons (Fsp3) is 0.500. The number of nitrogens with zero attached hydrogens (tertiary/aromatic N) is 4. The van der Waals surface area contributed by atoms with Crippen LogP contribution in [-0.4, -0.2) is 77.5 Å². The van der Waals surface area contributed by atoms with Crippen LogP contribution in [0.15, 0.2) is 53.4 Å². The van der Waals surface area contributed by atoms with E-state index < -0.39 is 15.8 Å². The number of hydrogen-bond acceptors (Lipinski definition) is 5. The predicted molar refractivity (Wildman–Crippen MR) is 127 cm³/mol. The van der Waals surface area contributed by atoms with Gasteiger partial charge in [-0.3, -0.25) is 4.90 Å². The highest BCUT2D eigenvalue weighted by Crippen LogP contribution is 2.26. The lowest BCUT2D eigenvalue weighted by molar-refractivity contribution is 0.176.